The van der Waals surface area contributed by atoms with Crippen molar-refractivity contribution in [2.75, 3.05) is 13.7 Å². The number of hydrogen-bond acceptors (Lipinski definition) is 3. The van der Waals surface area contributed by atoms with Crippen LogP contribution in [0.3, 0.4) is 0 Å². The highest BCUT2D eigenvalue weighted by atomic mass is 32.1. The molecule has 0 spiro atoms. The molecule has 1 N–H and O–H groups in total. The quantitative estimate of drug-likeness (QED) is 0.842. The van der Waals surface area contributed by atoms with Crippen LogP contribution in [-0.4, -0.2) is 29.6 Å². The minimum atomic E-state index is 0.0998. The molecule has 0 saturated heterocycles. The van der Waals surface area contributed by atoms with Gasteiger partial charge in [0.05, 0.1) is 13.2 Å². The third kappa shape index (κ3) is 3.59. The van der Waals surface area contributed by atoms with E-state index in [9.17, 15) is 4.79 Å². The Labute approximate surface area is 111 Å². The summed E-state index contributed by atoms with van der Waals surface area (Å²) in [4.78, 5) is 14.8. The molecule has 2 rings (SSSR count). The van der Waals surface area contributed by atoms with Crippen molar-refractivity contribution >= 4 is 17.2 Å². The summed E-state index contributed by atoms with van der Waals surface area (Å²) in [5.74, 6) is 6.43. The van der Waals surface area contributed by atoms with Crippen LogP contribution in [0.1, 0.15) is 29.7 Å². The van der Waals surface area contributed by atoms with Crippen LogP contribution in [0.4, 0.5) is 0 Å². The number of amides is 1. The van der Waals surface area contributed by atoms with Crippen molar-refractivity contribution in [2.24, 2.45) is 5.92 Å². The number of thiophene rings is 1. The number of hydrogen-bond donors (Lipinski definition) is 1. The van der Waals surface area contributed by atoms with Crippen LogP contribution in [0, 0.1) is 17.8 Å². The van der Waals surface area contributed by atoms with Crippen LogP contribution < -0.4 is 0 Å². The molecular weight excluding hydrogens is 246 g/mol. The lowest BCUT2D eigenvalue weighted by Gasteiger charge is -2.15. The van der Waals surface area contributed by atoms with Gasteiger partial charge in [-0.15, -0.1) is 11.3 Å². The highest BCUT2D eigenvalue weighted by molar-refractivity contribution is 7.10. The summed E-state index contributed by atoms with van der Waals surface area (Å²) in [7, 11) is 1.86. The molecule has 0 aromatic carbocycles. The highest BCUT2D eigenvalue weighted by Crippen LogP contribution is 2.31. The predicted molar refractivity (Wildman–Crippen MR) is 72.1 cm³/mol. The Balaban J connectivity index is 1.90. The Morgan fingerprint density at radius 3 is 3.06 bits per heavy atom. The van der Waals surface area contributed by atoms with Crippen molar-refractivity contribution in [3.63, 3.8) is 0 Å². The molecule has 1 aromatic rings. The number of aliphatic hydroxyl groups is 1. The molecule has 1 aliphatic carbocycles. The van der Waals surface area contributed by atoms with Crippen LogP contribution in [0.5, 0.6) is 0 Å². The van der Waals surface area contributed by atoms with Crippen LogP contribution >= 0.6 is 11.3 Å². The molecule has 0 atom stereocenters. The number of nitrogens with zero attached hydrogens (tertiary/aromatic N) is 1. The molecule has 0 bridgehead atoms. The maximum atomic E-state index is 11.8. The molecular formula is C14H17NO2S. The number of aliphatic hydroxyl groups excluding tert-OH is 1. The standard InChI is InChI=1S/C14H17NO2S/c1-15(14(17)12-5-6-12)9-13-8-11(10-18-13)4-2-3-7-16/h8,10,12,16H,3,5-7,9H2,1H3. The van der Waals surface area contributed by atoms with Gasteiger partial charge in [-0.1, -0.05) is 11.8 Å². The summed E-state index contributed by atoms with van der Waals surface area (Å²) < 4.78 is 0. The lowest BCUT2D eigenvalue weighted by atomic mass is 10.3. The molecule has 0 radical (unpaired) electrons. The van der Waals surface area contributed by atoms with Gasteiger partial charge in [-0.05, 0) is 18.9 Å². The van der Waals surface area contributed by atoms with Gasteiger partial charge in [-0.3, -0.25) is 4.79 Å². The molecule has 1 saturated carbocycles. The molecule has 4 heteroatoms. The van der Waals surface area contributed by atoms with Crippen LogP contribution in [0.2, 0.25) is 0 Å². The average molecular weight is 263 g/mol. The first-order valence-corrected chi connectivity index (χ1v) is 7.01. The van der Waals surface area contributed by atoms with Gasteiger partial charge in [0, 0.05) is 35.2 Å². The van der Waals surface area contributed by atoms with Crippen molar-refractivity contribution < 1.29 is 9.90 Å². The van der Waals surface area contributed by atoms with E-state index >= 15 is 0 Å². The maximum absolute atomic E-state index is 11.8. The van der Waals surface area contributed by atoms with Crippen molar-refractivity contribution in [2.45, 2.75) is 25.8 Å². The molecule has 1 aliphatic rings. The topological polar surface area (TPSA) is 40.5 Å². The Kier molecular flexibility index (Phi) is 4.40. The summed E-state index contributed by atoms with van der Waals surface area (Å²) in [6, 6.07) is 2.02. The second-order valence-electron chi connectivity index (χ2n) is 4.55. The summed E-state index contributed by atoms with van der Waals surface area (Å²) in [5.41, 5.74) is 0.968. The predicted octanol–water partition coefficient (Wildman–Crippen LogP) is 1.85. The van der Waals surface area contributed by atoms with Crippen molar-refractivity contribution in [1.82, 2.24) is 4.90 Å². The van der Waals surface area contributed by atoms with E-state index in [2.05, 4.69) is 11.8 Å². The van der Waals surface area contributed by atoms with Gasteiger partial charge in [0.15, 0.2) is 0 Å². The Bertz CT molecular complexity index is 479. The van der Waals surface area contributed by atoms with E-state index in [-0.39, 0.29) is 18.4 Å². The second-order valence-corrected chi connectivity index (χ2v) is 5.54. The van der Waals surface area contributed by atoms with Crippen molar-refractivity contribution in [3.8, 4) is 11.8 Å². The fourth-order valence-electron chi connectivity index (χ4n) is 1.70. The largest absolute Gasteiger partial charge is 0.395 e. The molecule has 3 nitrogen and oxygen atoms in total. The lowest BCUT2D eigenvalue weighted by molar-refractivity contribution is -0.131. The van der Waals surface area contributed by atoms with Crippen molar-refractivity contribution in [1.29, 1.82) is 0 Å². The minimum absolute atomic E-state index is 0.0998. The van der Waals surface area contributed by atoms with E-state index in [1.165, 1.54) is 0 Å². The van der Waals surface area contributed by atoms with E-state index in [4.69, 9.17) is 5.11 Å². The first kappa shape index (κ1) is 13.1. The zero-order valence-corrected chi connectivity index (χ0v) is 11.3. The Morgan fingerprint density at radius 2 is 2.39 bits per heavy atom. The van der Waals surface area contributed by atoms with Crippen LogP contribution in [0.15, 0.2) is 11.4 Å². The maximum Gasteiger partial charge on any atom is 0.225 e. The summed E-state index contributed by atoms with van der Waals surface area (Å²) in [6.07, 6.45) is 2.60. The van der Waals surface area contributed by atoms with E-state index in [1.807, 2.05) is 18.5 Å². The number of carbonyl (C=O) groups excluding carboxylic acids is 1. The van der Waals surface area contributed by atoms with Gasteiger partial charge in [0.1, 0.15) is 0 Å². The first-order chi connectivity index (χ1) is 8.70. The van der Waals surface area contributed by atoms with Gasteiger partial charge >= 0.3 is 0 Å². The van der Waals surface area contributed by atoms with Gasteiger partial charge < -0.3 is 10.0 Å². The smallest absolute Gasteiger partial charge is 0.225 e. The molecule has 1 aromatic heterocycles. The second kappa shape index (κ2) is 6.03. The monoisotopic (exact) mass is 263 g/mol. The zero-order chi connectivity index (χ0) is 13.0. The molecule has 1 amide bonds. The first-order valence-electron chi connectivity index (χ1n) is 6.13. The minimum Gasteiger partial charge on any atom is -0.395 e. The lowest BCUT2D eigenvalue weighted by Crippen LogP contribution is -2.27. The normalized spacial score (nSPS) is 13.9. The van der Waals surface area contributed by atoms with E-state index in [0.717, 1.165) is 23.3 Å². The Hall–Kier alpha value is -1.31. The van der Waals surface area contributed by atoms with Crippen molar-refractivity contribution in [3.05, 3.63) is 21.9 Å². The van der Waals surface area contributed by atoms with E-state index in [0.29, 0.717) is 13.0 Å². The fourth-order valence-corrected chi connectivity index (χ4v) is 2.57. The number of rotatable bonds is 4. The highest BCUT2D eigenvalue weighted by Gasteiger charge is 2.31. The number of carbonyl (C=O) groups is 1. The van der Waals surface area contributed by atoms with Gasteiger partial charge in [0.25, 0.3) is 0 Å². The summed E-state index contributed by atoms with van der Waals surface area (Å²) in [6.45, 7) is 0.768. The van der Waals surface area contributed by atoms with Crippen LogP contribution in [0.25, 0.3) is 0 Å². The average Bonchev–Trinajstić information content (AvgIpc) is 3.11. The third-order valence-electron chi connectivity index (χ3n) is 2.82. The molecule has 1 heterocycles. The molecule has 18 heavy (non-hydrogen) atoms. The SMILES string of the molecule is CN(Cc1cc(C#CCCO)cs1)C(=O)C1CC1. The van der Waals surface area contributed by atoms with Gasteiger partial charge in [-0.25, -0.2) is 0 Å². The Morgan fingerprint density at radius 1 is 1.61 bits per heavy atom. The summed E-state index contributed by atoms with van der Waals surface area (Å²) >= 11 is 1.63. The van der Waals surface area contributed by atoms with Gasteiger partial charge in [0.2, 0.25) is 5.91 Å². The molecule has 1 fully saturated rings. The van der Waals surface area contributed by atoms with E-state index in [1.54, 1.807) is 16.2 Å². The van der Waals surface area contributed by atoms with Gasteiger partial charge in [-0.2, -0.15) is 0 Å². The zero-order valence-electron chi connectivity index (χ0n) is 10.5. The fraction of sp³-hybridized carbons (Fsp3) is 0.500. The molecule has 0 unspecified atom stereocenters. The molecule has 96 valence electrons. The third-order valence-corrected chi connectivity index (χ3v) is 3.74. The van der Waals surface area contributed by atoms with Crippen LogP contribution in [-0.2, 0) is 11.3 Å². The van der Waals surface area contributed by atoms with E-state index < -0.39 is 0 Å². The molecule has 0 aliphatic heterocycles. The summed E-state index contributed by atoms with van der Waals surface area (Å²) in [5, 5.41) is 10.6.